The van der Waals surface area contributed by atoms with E-state index in [1.54, 1.807) is 5.38 Å². The van der Waals surface area contributed by atoms with Crippen LogP contribution < -0.4 is 5.32 Å². The van der Waals surface area contributed by atoms with E-state index in [9.17, 15) is 9.59 Å². The molecule has 0 aliphatic heterocycles. The van der Waals surface area contributed by atoms with Crippen molar-refractivity contribution in [3.8, 4) is 0 Å². The molecule has 1 aromatic heterocycles. The molecule has 6 nitrogen and oxygen atoms in total. The van der Waals surface area contributed by atoms with Gasteiger partial charge in [-0.1, -0.05) is 0 Å². The summed E-state index contributed by atoms with van der Waals surface area (Å²) in [7, 11) is 0. The first-order valence-electron chi connectivity index (χ1n) is 4.77. The molecular formula is C10H12N2O4S. The Kier molecular flexibility index (Phi) is 4.80. The number of amides is 1. The first-order chi connectivity index (χ1) is 8.02. The molecule has 0 bridgehead atoms. The number of aliphatic carboxylic acids is 1. The smallest absolute Gasteiger partial charge is 0.328 e. The normalized spacial score (nSPS) is 12.6. The number of carboxylic acid groups (broad SMARTS) is 1. The SMILES string of the molecule is Cc1nc(/C=C/C(=O)N[C@H](CO)C(=O)O)cs1. The summed E-state index contributed by atoms with van der Waals surface area (Å²) in [5, 5.41) is 22.1. The van der Waals surface area contributed by atoms with Crippen LogP contribution in [-0.4, -0.2) is 39.7 Å². The van der Waals surface area contributed by atoms with E-state index >= 15 is 0 Å². The number of hydrogen-bond donors (Lipinski definition) is 3. The molecule has 0 aromatic carbocycles. The number of thiazole rings is 1. The molecule has 0 spiro atoms. The Morgan fingerprint density at radius 2 is 2.35 bits per heavy atom. The van der Waals surface area contributed by atoms with Crippen molar-refractivity contribution in [2.75, 3.05) is 6.61 Å². The highest BCUT2D eigenvalue weighted by atomic mass is 32.1. The highest BCUT2D eigenvalue weighted by Gasteiger charge is 2.16. The average Bonchev–Trinajstić information content (AvgIpc) is 2.68. The fraction of sp³-hybridized carbons (Fsp3) is 0.300. The van der Waals surface area contributed by atoms with Crippen LogP contribution in [0.2, 0.25) is 0 Å². The van der Waals surface area contributed by atoms with Crippen molar-refractivity contribution in [1.82, 2.24) is 10.3 Å². The van der Waals surface area contributed by atoms with Gasteiger partial charge in [0.1, 0.15) is 0 Å². The van der Waals surface area contributed by atoms with Gasteiger partial charge >= 0.3 is 5.97 Å². The molecule has 1 atom stereocenters. The molecule has 7 heteroatoms. The highest BCUT2D eigenvalue weighted by molar-refractivity contribution is 7.09. The van der Waals surface area contributed by atoms with Crippen molar-refractivity contribution in [2.24, 2.45) is 0 Å². The maximum absolute atomic E-state index is 11.3. The van der Waals surface area contributed by atoms with Crippen molar-refractivity contribution in [3.63, 3.8) is 0 Å². The molecule has 0 fully saturated rings. The lowest BCUT2D eigenvalue weighted by Gasteiger charge is -2.08. The van der Waals surface area contributed by atoms with Crippen molar-refractivity contribution in [2.45, 2.75) is 13.0 Å². The van der Waals surface area contributed by atoms with Gasteiger partial charge in [-0.2, -0.15) is 0 Å². The van der Waals surface area contributed by atoms with Crippen LogP contribution in [0.15, 0.2) is 11.5 Å². The van der Waals surface area contributed by atoms with Crippen LogP contribution in [0.4, 0.5) is 0 Å². The van der Waals surface area contributed by atoms with E-state index in [1.807, 2.05) is 6.92 Å². The van der Waals surface area contributed by atoms with Crippen LogP contribution in [0.1, 0.15) is 10.7 Å². The maximum atomic E-state index is 11.3. The Labute approximate surface area is 102 Å². The number of nitrogens with zero attached hydrogens (tertiary/aromatic N) is 1. The minimum atomic E-state index is -1.29. The molecular weight excluding hydrogens is 244 g/mol. The second-order valence-electron chi connectivity index (χ2n) is 3.21. The molecule has 1 heterocycles. The summed E-state index contributed by atoms with van der Waals surface area (Å²) in [6.45, 7) is 1.19. The molecule has 0 unspecified atom stereocenters. The molecule has 0 radical (unpaired) electrons. The van der Waals surface area contributed by atoms with Gasteiger partial charge in [0.25, 0.3) is 0 Å². The van der Waals surface area contributed by atoms with Gasteiger partial charge in [0, 0.05) is 11.5 Å². The number of aliphatic hydroxyl groups is 1. The number of carbonyl (C=O) groups excluding carboxylic acids is 1. The number of aliphatic hydroxyl groups excluding tert-OH is 1. The van der Waals surface area contributed by atoms with E-state index in [-0.39, 0.29) is 0 Å². The molecule has 0 saturated carbocycles. The minimum Gasteiger partial charge on any atom is -0.480 e. The quantitative estimate of drug-likeness (QED) is 0.645. The Balaban J connectivity index is 2.54. The number of carboxylic acids is 1. The van der Waals surface area contributed by atoms with E-state index < -0.39 is 24.5 Å². The number of carbonyl (C=O) groups is 2. The van der Waals surface area contributed by atoms with Gasteiger partial charge in [-0.15, -0.1) is 11.3 Å². The lowest BCUT2D eigenvalue weighted by Crippen LogP contribution is -2.42. The van der Waals surface area contributed by atoms with Crippen molar-refractivity contribution in [1.29, 1.82) is 0 Å². The standard InChI is InChI=1S/C10H12N2O4S/c1-6-11-7(5-17-6)2-3-9(14)12-8(4-13)10(15)16/h2-3,5,8,13H,4H2,1H3,(H,12,14)(H,15,16)/b3-2+/t8-/m1/s1. The van der Waals surface area contributed by atoms with E-state index in [2.05, 4.69) is 10.3 Å². The van der Waals surface area contributed by atoms with Gasteiger partial charge in [0.05, 0.1) is 17.3 Å². The summed E-state index contributed by atoms with van der Waals surface area (Å²) >= 11 is 1.45. The number of nitrogens with one attached hydrogen (secondary N) is 1. The zero-order chi connectivity index (χ0) is 12.8. The van der Waals surface area contributed by atoms with Crippen LogP contribution in [0.25, 0.3) is 6.08 Å². The minimum absolute atomic E-state index is 0.586. The van der Waals surface area contributed by atoms with Crippen LogP contribution in [0.5, 0.6) is 0 Å². The van der Waals surface area contributed by atoms with Crippen molar-refractivity contribution >= 4 is 29.3 Å². The van der Waals surface area contributed by atoms with Gasteiger partial charge in [-0.05, 0) is 13.0 Å². The fourth-order valence-electron chi connectivity index (χ4n) is 1.02. The first-order valence-corrected chi connectivity index (χ1v) is 5.65. The lowest BCUT2D eigenvalue weighted by atomic mass is 10.3. The summed E-state index contributed by atoms with van der Waals surface area (Å²) in [4.78, 5) is 25.9. The Morgan fingerprint density at radius 1 is 1.65 bits per heavy atom. The maximum Gasteiger partial charge on any atom is 0.328 e. The van der Waals surface area contributed by atoms with E-state index in [0.717, 1.165) is 5.01 Å². The summed E-state index contributed by atoms with van der Waals surface area (Å²) in [5.41, 5.74) is 0.638. The van der Waals surface area contributed by atoms with Gasteiger partial charge in [0.15, 0.2) is 6.04 Å². The van der Waals surface area contributed by atoms with Crippen LogP contribution in [0, 0.1) is 6.92 Å². The third-order valence-corrected chi connectivity index (χ3v) is 2.63. The average molecular weight is 256 g/mol. The first kappa shape index (κ1) is 13.3. The number of hydrogen-bond acceptors (Lipinski definition) is 5. The second kappa shape index (κ2) is 6.12. The highest BCUT2D eigenvalue weighted by Crippen LogP contribution is 2.08. The summed E-state index contributed by atoms with van der Waals surface area (Å²) in [5.74, 6) is -1.86. The van der Waals surface area contributed by atoms with E-state index in [1.165, 1.54) is 23.5 Å². The van der Waals surface area contributed by atoms with Crippen molar-refractivity contribution < 1.29 is 19.8 Å². The zero-order valence-corrected chi connectivity index (χ0v) is 9.90. The summed E-state index contributed by atoms with van der Waals surface area (Å²) in [6.07, 6.45) is 2.66. The Bertz CT molecular complexity index is 441. The lowest BCUT2D eigenvalue weighted by molar-refractivity contribution is -0.142. The van der Waals surface area contributed by atoms with E-state index in [0.29, 0.717) is 5.69 Å². The van der Waals surface area contributed by atoms with E-state index in [4.69, 9.17) is 10.2 Å². The third-order valence-electron chi connectivity index (χ3n) is 1.84. The topological polar surface area (TPSA) is 99.5 Å². The monoisotopic (exact) mass is 256 g/mol. The van der Waals surface area contributed by atoms with Gasteiger partial charge < -0.3 is 15.5 Å². The molecule has 1 aromatic rings. The van der Waals surface area contributed by atoms with Crippen LogP contribution in [-0.2, 0) is 9.59 Å². The molecule has 1 rings (SSSR count). The third kappa shape index (κ3) is 4.33. The molecule has 17 heavy (non-hydrogen) atoms. The van der Waals surface area contributed by atoms with Crippen LogP contribution in [0.3, 0.4) is 0 Å². The van der Waals surface area contributed by atoms with Gasteiger partial charge in [-0.3, -0.25) is 4.79 Å². The zero-order valence-electron chi connectivity index (χ0n) is 9.08. The molecule has 0 saturated heterocycles. The Morgan fingerprint density at radius 3 is 2.82 bits per heavy atom. The van der Waals surface area contributed by atoms with Crippen molar-refractivity contribution in [3.05, 3.63) is 22.2 Å². The molecule has 92 valence electrons. The number of aryl methyl sites for hydroxylation is 1. The Hall–Kier alpha value is -1.73. The predicted molar refractivity (Wildman–Crippen MR) is 62.5 cm³/mol. The fourth-order valence-corrected chi connectivity index (χ4v) is 1.60. The molecule has 3 N–H and O–H groups in total. The van der Waals surface area contributed by atoms with Gasteiger partial charge in [0.2, 0.25) is 5.91 Å². The predicted octanol–water partition coefficient (Wildman–Crippen LogP) is 0.0264. The van der Waals surface area contributed by atoms with Gasteiger partial charge in [-0.25, -0.2) is 9.78 Å². The summed E-state index contributed by atoms with van der Waals surface area (Å²) < 4.78 is 0. The number of aromatic nitrogens is 1. The van der Waals surface area contributed by atoms with Crippen LogP contribution >= 0.6 is 11.3 Å². The number of rotatable bonds is 5. The second-order valence-corrected chi connectivity index (χ2v) is 4.27. The summed E-state index contributed by atoms with van der Waals surface area (Å²) in [6, 6.07) is -1.29. The largest absolute Gasteiger partial charge is 0.480 e. The molecule has 1 amide bonds. The molecule has 0 aliphatic rings. The molecule has 0 aliphatic carbocycles.